The number of benzene rings is 1. The third-order valence-electron chi connectivity index (χ3n) is 3.21. The number of para-hydroxylation sites is 2. The van der Waals surface area contributed by atoms with E-state index < -0.39 is 0 Å². The second kappa shape index (κ2) is 6.70. The van der Waals surface area contributed by atoms with E-state index in [1.807, 2.05) is 36.0 Å². The molecule has 1 aliphatic heterocycles. The van der Waals surface area contributed by atoms with Crippen LogP contribution in [0, 0.1) is 0 Å². The van der Waals surface area contributed by atoms with Gasteiger partial charge in [-0.1, -0.05) is 19.1 Å². The third-order valence-corrected chi connectivity index (χ3v) is 4.54. The highest BCUT2D eigenvalue weighted by atomic mass is 32.2. The van der Waals surface area contributed by atoms with Gasteiger partial charge in [0.15, 0.2) is 0 Å². The summed E-state index contributed by atoms with van der Waals surface area (Å²) in [6.45, 7) is 2.56. The van der Waals surface area contributed by atoms with Gasteiger partial charge in [-0.15, -0.1) is 0 Å². The molecule has 1 aliphatic rings. The Kier molecular flexibility index (Phi) is 4.96. The standard InChI is InChI=1S/C14H20N2O2S/c1-10-11(7-9-19-10)16-12-4-2-3-5-13(12)18-8-6-14(15)17/h2-5,10-11,16H,6-9H2,1H3,(H2,15,17). The van der Waals surface area contributed by atoms with Crippen LogP contribution < -0.4 is 15.8 Å². The molecule has 2 atom stereocenters. The van der Waals surface area contributed by atoms with Crippen LogP contribution in [0.4, 0.5) is 5.69 Å². The molecule has 1 fully saturated rings. The van der Waals surface area contributed by atoms with Crippen molar-refractivity contribution in [3.63, 3.8) is 0 Å². The van der Waals surface area contributed by atoms with E-state index >= 15 is 0 Å². The molecule has 1 aromatic rings. The number of amides is 1. The first kappa shape index (κ1) is 14.1. The van der Waals surface area contributed by atoms with Crippen LogP contribution in [0.15, 0.2) is 24.3 Å². The molecule has 3 N–H and O–H groups in total. The summed E-state index contributed by atoms with van der Waals surface area (Å²) in [5.74, 6) is 1.64. The Bertz CT molecular complexity index is 439. The van der Waals surface area contributed by atoms with E-state index in [-0.39, 0.29) is 12.3 Å². The number of nitrogens with two attached hydrogens (primary N) is 1. The predicted octanol–water partition coefficient (Wildman–Crippen LogP) is 2.25. The fraction of sp³-hybridized carbons (Fsp3) is 0.500. The number of thioether (sulfide) groups is 1. The van der Waals surface area contributed by atoms with E-state index in [0.29, 0.717) is 17.9 Å². The van der Waals surface area contributed by atoms with Crippen LogP contribution in [0.1, 0.15) is 19.8 Å². The lowest BCUT2D eigenvalue weighted by atomic mass is 10.1. The molecule has 1 saturated heterocycles. The fourth-order valence-corrected chi connectivity index (χ4v) is 3.29. The van der Waals surface area contributed by atoms with Gasteiger partial charge in [-0.05, 0) is 24.3 Å². The maximum Gasteiger partial charge on any atom is 0.220 e. The van der Waals surface area contributed by atoms with Crippen LogP contribution in [0.25, 0.3) is 0 Å². The number of anilines is 1. The molecular weight excluding hydrogens is 260 g/mol. The van der Waals surface area contributed by atoms with E-state index in [4.69, 9.17) is 10.5 Å². The molecule has 0 bridgehead atoms. The number of ether oxygens (including phenoxy) is 1. The minimum Gasteiger partial charge on any atom is -0.491 e. The smallest absolute Gasteiger partial charge is 0.220 e. The van der Waals surface area contributed by atoms with Crippen molar-refractivity contribution >= 4 is 23.4 Å². The van der Waals surface area contributed by atoms with E-state index in [2.05, 4.69) is 12.2 Å². The normalized spacial score (nSPS) is 22.2. The monoisotopic (exact) mass is 280 g/mol. The van der Waals surface area contributed by atoms with E-state index in [9.17, 15) is 4.79 Å². The predicted molar refractivity (Wildman–Crippen MR) is 79.7 cm³/mol. The molecule has 2 unspecified atom stereocenters. The Morgan fingerprint density at radius 1 is 1.53 bits per heavy atom. The lowest BCUT2D eigenvalue weighted by Crippen LogP contribution is -2.25. The van der Waals surface area contributed by atoms with Crippen LogP contribution in [-0.2, 0) is 4.79 Å². The molecule has 0 spiro atoms. The topological polar surface area (TPSA) is 64.3 Å². The minimum atomic E-state index is -0.341. The van der Waals surface area contributed by atoms with Crippen LogP contribution in [-0.4, -0.2) is 29.6 Å². The quantitative estimate of drug-likeness (QED) is 0.839. The highest BCUT2D eigenvalue weighted by molar-refractivity contribution is 8.00. The lowest BCUT2D eigenvalue weighted by molar-refractivity contribution is -0.118. The zero-order chi connectivity index (χ0) is 13.7. The molecule has 2 rings (SSSR count). The molecule has 19 heavy (non-hydrogen) atoms. The van der Waals surface area contributed by atoms with Crippen molar-refractivity contribution in [2.24, 2.45) is 5.73 Å². The summed E-state index contributed by atoms with van der Waals surface area (Å²) < 4.78 is 5.62. The molecule has 1 heterocycles. The number of hydrogen-bond donors (Lipinski definition) is 2. The Morgan fingerprint density at radius 3 is 3.00 bits per heavy atom. The summed E-state index contributed by atoms with van der Waals surface area (Å²) in [6.07, 6.45) is 1.41. The second-order valence-electron chi connectivity index (χ2n) is 4.68. The highest BCUT2D eigenvalue weighted by Gasteiger charge is 2.24. The Balaban J connectivity index is 1.97. The van der Waals surface area contributed by atoms with Crippen LogP contribution in [0.5, 0.6) is 5.75 Å². The molecule has 4 nitrogen and oxygen atoms in total. The third kappa shape index (κ3) is 4.06. The van der Waals surface area contributed by atoms with Gasteiger partial charge >= 0.3 is 0 Å². The highest BCUT2D eigenvalue weighted by Crippen LogP contribution is 2.32. The largest absolute Gasteiger partial charge is 0.491 e. The first-order chi connectivity index (χ1) is 9.16. The van der Waals surface area contributed by atoms with Gasteiger partial charge in [0, 0.05) is 11.3 Å². The number of carbonyl (C=O) groups is 1. The fourth-order valence-electron chi connectivity index (χ4n) is 2.09. The number of nitrogens with one attached hydrogen (secondary N) is 1. The van der Waals surface area contributed by atoms with Gasteiger partial charge in [-0.25, -0.2) is 0 Å². The zero-order valence-electron chi connectivity index (χ0n) is 11.1. The molecule has 0 radical (unpaired) electrons. The van der Waals surface area contributed by atoms with Crippen molar-refractivity contribution in [1.29, 1.82) is 0 Å². The number of hydrogen-bond acceptors (Lipinski definition) is 4. The first-order valence-electron chi connectivity index (χ1n) is 6.55. The Morgan fingerprint density at radius 2 is 2.32 bits per heavy atom. The molecule has 1 aromatic carbocycles. The molecule has 0 aliphatic carbocycles. The van der Waals surface area contributed by atoms with Gasteiger partial charge < -0.3 is 15.8 Å². The number of carbonyl (C=O) groups excluding carboxylic acids is 1. The molecule has 0 aromatic heterocycles. The van der Waals surface area contributed by atoms with Crippen molar-refractivity contribution in [2.45, 2.75) is 31.1 Å². The Hall–Kier alpha value is -1.36. The summed E-state index contributed by atoms with van der Waals surface area (Å²) in [5.41, 5.74) is 6.10. The number of rotatable bonds is 6. The number of primary amides is 1. The van der Waals surface area contributed by atoms with Crippen molar-refractivity contribution in [3.8, 4) is 5.75 Å². The van der Waals surface area contributed by atoms with Crippen LogP contribution in [0.2, 0.25) is 0 Å². The van der Waals surface area contributed by atoms with Gasteiger partial charge in [-0.2, -0.15) is 11.8 Å². The van der Waals surface area contributed by atoms with E-state index in [1.54, 1.807) is 0 Å². The van der Waals surface area contributed by atoms with Crippen molar-refractivity contribution in [2.75, 3.05) is 17.7 Å². The van der Waals surface area contributed by atoms with Gasteiger partial charge in [0.25, 0.3) is 0 Å². The van der Waals surface area contributed by atoms with Crippen molar-refractivity contribution < 1.29 is 9.53 Å². The summed E-state index contributed by atoms with van der Waals surface area (Å²) in [4.78, 5) is 10.7. The average Bonchev–Trinajstić information content (AvgIpc) is 2.77. The van der Waals surface area contributed by atoms with E-state index in [1.165, 1.54) is 12.2 Å². The summed E-state index contributed by atoms with van der Waals surface area (Å²) in [6, 6.07) is 8.31. The molecule has 104 valence electrons. The maximum atomic E-state index is 10.7. The van der Waals surface area contributed by atoms with Crippen LogP contribution in [0.3, 0.4) is 0 Å². The van der Waals surface area contributed by atoms with Gasteiger partial charge in [0.05, 0.1) is 18.7 Å². The van der Waals surface area contributed by atoms with Crippen molar-refractivity contribution in [1.82, 2.24) is 0 Å². The second-order valence-corrected chi connectivity index (χ2v) is 6.16. The van der Waals surface area contributed by atoms with Crippen LogP contribution >= 0.6 is 11.8 Å². The molecule has 5 heteroatoms. The minimum absolute atomic E-state index is 0.240. The van der Waals surface area contributed by atoms with E-state index in [0.717, 1.165) is 11.4 Å². The van der Waals surface area contributed by atoms with Gasteiger partial charge in [0.2, 0.25) is 5.91 Å². The molecular formula is C14H20N2O2S. The zero-order valence-corrected chi connectivity index (χ0v) is 11.9. The molecule has 1 amide bonds. The van der Waals surface area contributed by atoms with Gasteiger partial charge in [0.1, 0.15) is 5.75 Å². The van der Waals surface area contributed by atoms with Gasteiger partial charge in [-0.3, -0.25) is 4.79 Å². The van der Waals surface area contributed by atoms with Crippen molar-refractivity contribution in [3.05, 3.63) is 24.3 Å². The summed E-state index contributed by atoms with van der Waals surface area (Å²) in [5, 5.41) is 4.15. The lowest BCUT2D eigenvalue weighted by Gasteiger charge is -2.20. The summed E-state index contributed by atoms with van der Waals surface area (Å²) in [7, 11) is 0. The molecule has 0 saturated carbocycles. The maximum absolute atomic E-state index is 10.7. The summed E-state index contributed by atoms with van der Waals surface area (Å²) >= 11 is 1.99. The first-order valence-corrected chi connectivity index (χ1v) is 7.60. The Labute approximate surface area is 118 Å². The SMILES string of the molecule is CC1SCCC1Nc1ccccc1OCCC(N)=O. The average molecular weight is 280 g/mol.